The summed E-state index contributed by atoms with van der Waals surface area (Å²) in [6, 6.07) is 8.14. The summed E-state index contributed by atoms with van der Waals surface area (Å²) in [6.07, 6.45) is 0. The van der Waals surface area contributed by atoms with Crippen LogP contribution >= 0.6 is 27.3 Å². The van der Waals surface area contributed by atoms with Gasteiger partial charge in [-0.2, -0.15) is 0 Å². The zero-order valence-corrected chi connectivity index (χ0v) is 14.9. The summed E-state index contributed by atoms with van der Waals surface area (Å²) < 4.78 is 0. The molecule has 0 unspecified atom stereocenters. The quantitative estimate of drug-likeness (QED) is 0.507. The smallest absolute Gasteiger partial charge is 0.230 e. The number of anilines is 1. The molecule has 0 amide bonds. The highest BCUT2D eigenvalue weighted by atomic mass is 79.9. The number of aromatic nitrogens is 1. The molecule has 0 aliphatic heterocycles. The summed E-state index contributed by atoms with van der Waals surface area (Å²) in [7, 11) is 0. The van der Waals surface area contributed by atoms with Gasteiger partial charge in [0.25, 0.3) is 0 Å². The second-order valence-corrected chi connectivity index (χ2v) is 6.60. The van der Waals surface area contributed by atoms with Crippen LogP contribution in [0.15, 0.2) is 34.5 Å². The third-order valence-electron chi connectivity index (χ3n) is 3.22. The number of azo groups is 1. The predicted octanol–water partition coefficient (Wildman–Crippen LogP) is 5.40. The Morgan fingerprint density at radius 3 is 2.43 bits per heavy atom. The maximum absolute atomic E-state index is 4.35. The number of nitrogens with zero attached hydrogens (tertiary/aromatic N) is 4. The van der Waals surface area contributed by atoms with Crippen LogP contribution in [0, 0.1) is 13.8 Å². The molecule has 0 radical (unpaired) electrons. The van der Waals surface area contributed by atoms with E-state index in [0.29, 0.717) is 5.13 Å². The normalized spacial score (nSPS) is 11.2. The van der Waals surface area contributed by atoms with E-state index in [1.807, 2.05) is 26.0 Å². The lowest BCUT2D eigenvalue weighted by atomic mass is 10.2. The SMILES string of the molecule is CCN(CCBr)c1ccc(/N=N/c2nc(C)c(C)s2)cc1. The molecule has 1 aromatic heterocycles. The van der Waals surface area contributed by atoms with E-state index in [1.165, 1.54) is 10.6 Å². The second-order valence-electron chi connectivity index (χ2n) is 4.62. The highest BCUT2D eigenvalue weighted by Gasteiger charge is 2.04. The monoisotopic (exact) mass is 366 g/mol. The minimum atomic E-state index is 0.712. The van der Waals surface area contributed by atoms with Crippen molar-refractivity contribution >= 4 is 43.8 Å². The molecule has 21 heavy (non-hydrogen) atoms. The minimum absolute atomic E-state index is 0.712. The Labute approximate surface area is 138 Å². The highest BCUT2D eigenvalue weighted by Crippen LogP contribution is 2.26. The van der Waals surface area contributed by atoms with Gasteiger partial charge in [0.05, 0.1) is 11.4 Å². The van der Waals surface area contributed by atoms with E-state index in [0.717, 1.165) is 29.8 Å². The Balaban J connectivity index is 2.08. The number of benzene rings is 1. The molecule has 0 N–H and O–H groups in total. The minimum Gasteiger partial charge on any atom is -0.371 e. The molecule has 0 spiro atoms. The van der Waals surface area contributed by atoms with E-state index in [9.17, 15) is 0 Å². The topological polar surface area (TPSA) is 40.9 Å². The Morgan fingerprint density at radius 2 is 1.90 bits per heavy atom. The first kappa shape index (κ1) is 16.1. The van der Waals surface area contributed by atoms with Crippen LogP contribution in [-0.4, -0.2) is 23.4 Å². The van der Waals surface area contributed by atoms with E-state index in [-0.39, 0.29) is 0 Å². The predicted molar refractivity (Wildman–Crippen MR) is 93.9 cm³/mol. The summed E-state index contributed by atoms with van der Waals surface area (Å²) in [5, 5.41) is 10.1. The third-order valence-corrected chi connectivity index (χ3v) is 4.53. The molecular formula is C15H19BrN4S. The van der Waals surface area contributed by atoms with Gasteiger partial charge in [-0.25, -0.2) is 4.98 Å². The van der Waals surface area contributed by atoms with Gasteiger partial charge in [0.15, 0.2) is 0 Å². The molecule has 2 aromatic rings. The summed E-state index contributed by atoms with van der Waals surface area (Å²) in [5.74, 6) is 0. The van der Waals surface area contributed by atoms with Crippen LogP contribution < -0.4 is 4.90 Å². The molecule has 1 aromatic carbocycles. The fourth-order valence-electron chi connectivity index (χ4n) is 1.90. The molecular weight excluding hydrogens is 348 g/mol. The van der Waals surface area contributed by atoms with Crippen molar-refractivity contribution in [2.75, 3.05) is 23.3 Å². The number of hydrogen-bond acceptors (Lipinski definition) is 5. The lowest BCUT2D eigenvalue weighted by Gasteiger charge is -2.21. The maximum atomic E-state index is 4.35. The number of rotatable bonds is 6. The molecule has 4 nitrogen and oxygen atoms in total. The van der Waals surface area contributed by atoms with Crippen molar-refractivity contribution < 1.29 is 0 Å². The van der Waals surface area contributed by atoms with Crippen molar-refractivity contribution in [3.63, 3.8) is 0 Å². The molecule has 0 saturated heterocycles. The first-order chi connectivity index (χ1) is 10.1. The summed E-state index contributed by atoms with van der Waals surface area (Å²) >= 11 is 5.05. The summed E-state index contributed by atoms with van der Waals surface area (Å²) in [5.41, 5.74) is 3.08. The van der Waals surface area contributed by atoms with E-state index in [4.69, 9.17) is 0 Å². The lowest BCUT2D eigenvalue weighted by Crippen LogP contribution is -2.24. The second kappa shape index (κ2) is 7.66. The van der Waals surface area contributed by atoms with Crippen molar-refractivity contribution in [3.8, 4) is 0 Å². The van der Waals surface area contributed by atoms with Gasteiger partial charge in [-0.15, -0.1) is 10.2 Å². The molecule has 6 heteroatoms. The zero-order chi connectivity index (χ0) is 15.2. The number of alkyl halides is 1. The van der Waals surface area contributed by atoms with E-state index >= 15 is 0 Å². The van der Waals surface area contributed by atoms with Gasteiger partial charge in [-0.05, 0) is 45.0 Å². The molecule has 2 rings (SSSR count). The van der Waals surface area contributed by atoms with Crippen LogP contribution in [0.1, 0.15) is 17.5 Å². The molecule has 0 bridgehead atoms. The Bertz CT molecular complexity index is 587. The van der Waals surface area contributed by atoms with Crippen molar-refractivity contribution in [2.45, 2.75) is 20.8 Å². The zero-order valence-electron chi connectivity index (χ0n) is 12.5. The molecule has 0 saturated carbocycles. The maximum Gasteiger partial charge on any atom is 0.230 e. The van der Waals surface area contributed by atoms with Crippen LogP contribution in [0.2, 0.25) is 0 Å². The molecule has 112 valence electrons. The fraction of sp³-hybridized carbons (Fsp3) is 0.400. The van der Waals surface area contributed by atoms with Crippen molar-refractivity contribution in [1.82, 2.24) is 4.98 Å². The van der Waals surface area contributed by atoms with E-state index in [1.54, 1.807) is 11.3 Å². The van der Waals surface area contributed by atoms with E-state index in [2.05, 4.69) is 55.1 Å². The van der Waals surface area contributed by atoms with Gasteiger partial charge in [0.1, 0.15) is 0 Å². The van der Waals surface area contributed by atoms with Crippen LogP contribution in [0.5, 0.6) is 0 Å². The van der Waals surface area contributed by atoms with Crippen LogP contribution in [0.3, 0.4) is 0 Å². The average Bonchev–Trinajstić information content (AvgIpc) is 2.82. The van der Waals surface area contributed by atoms with Gasteiger partial charge in [-0.3, -0.25) is 0 Å². The fourth-order valence-corrected chi connectivity index (χ4v) is 3.06. The van der Waals surface area contributed by atoms with Gasteiger partial charge < -0.3 is 4.90 Å². The standard InChI is InChI=1S/C15H19BrN4S/c1-4-20(10-9-16)14-7-5-13(6-8-14)18-19-15-17-11(2)12(3)21-15/h5-8H,4,9-10H2,1-3H3/b19-18+. The molecule has 0 aliphatic carbocycles. The van der Waals surface area contributed by atoms with Crippen LogP contribution in [0.25, 0.3) is 0 Å². The molecule has 0 aliphatic rings. The van der Waals surface area contributed by atoms with Crippen LogP contribution in [-0.2, 0) is 0 Å². The Kier molecular flexibility index (Phi) is 5.87. The van der Waals surface area contributed by atoms with Gasteiger partial charge in [0.2, 0.25) is 5.13 Å². The first-order valence-electron chi connectivity index (χ1n) is 6.90. The number of aryl methyl sites for hydroxylation is 2. The number of hydrogen-bond donors (Lipinski definition) is 0. The number of thiazole rings is 1. The molecule has 1 heterocycles. The van der Waals surface area contributed by atoms with Crippen molar-refractivity contribution in [2.24, 2.45) is 10.2 Å². The average molecular weight is 367 g/mol. The summed E-state index contributed by atoms with van der Waals surface area (Å²) in [6.45, 7) is 8.18. The van der Waals surface area contributed by atoms with Gasteiger partial charge in [-0.1, -0.05) is 27.3 Å². The largest absolute Gasteiger partial charge is 0.371 e. The van der Waals surface area contributed by atoms with Crippen LogP contribution in [0.4, 0.5) is 16.5 Å². The first-order valence-corrected chi connectivity index (χ1v) is 8.84. The van der Waals surface area contributed by atoms with E-state index < -0.39 is 0 Å². The Hall–Kier alpha value is -1.27. The van der Waals surface area contributed by atoms with Gasteiger partial charge >= 0.3 is 0 Å². The summed E-state index contributed by atoms with van der Waals surface area (Å²) in [4.78, 5) is 7.85. The Morgan fingerprint density at radius 1 is 1.19 bits per heavy atom. The molecule has 0 fully saturated rings. The van der Waals surface area contributed by atoms with Gasteiger partial charge in [0, 0.05) is 29.0 Å². The highest BCUT2D eigenvalue weighted by molar-refractivity contribution is 9.09. The number of halogens is 1. The van der Waals surface area contributed by atoms with Crippen molar-refractivity contribution in [3.05, 3.63) is 34.8 Å². The van der Waals surface area contributed by atoms with Crippen molar-refractivity contribution in [1.29, 1.82) is 0 Å². The lowest BCUT2D eigenvalue weighted by molar-refractivity contribution is 0.875. The third kappa shape index (κ3) is 4.35. The molecule has 0 atom stereocenters.